The van der Waals surface area contributed by atoms with Crippen LogP contribution in [0, 0.1) is 5.92 Å². The average Bonchev–Trinajstić information content (AvgIpc) is 2.64. The molecule has 0 spiro atoms. The minimum atomic E-state index is -0.574. The van der Waals surface area contributed by atoms with Crippen molar-refractivity contribution in [3.63, 3.8) is 0 Å². The summed E-state index contributed by atoms with van der Waals surface area (Å²) < 4.78 is 9.62. The van der Waals surface area contributed by atoms with Gasteiger partial charge in [-0.15, -0.1) is 0 Å². The maximum Gasteiger partial charge on any atom is 0.337 e. The van der Waals surface area contributed by atoms with E-state index in [0.29, 0.717) is 11.5 Å². The van der Waals surface area contributed by atoms with Crippen LogP contribution in [0.4, 0.5) is 0 Å². The molecular formula is C19H23NO5. The Morgan fingerprint density at radius 1 is 1.24 bits per heavy atom. The van der Waals surface area contributed by atoms with Crippen molar-refractivity contribution in [2.24, 2.45) is 5.92 Å². The Morgan fingerprint density at radius 3 is 2.60 bits per heavy atom. The second-order valence-corrected chi connectivity index (χ2v) is 6.14. The molecule has 6 heteroatoms. The highest BCUT2D eigenvalue weighted by Gasteiger charge is 2.21. The van der Waals surface area contributed by atoms with Gasteiger partial charge in [-0.25, -0.2) is 9.59 Å². The van der Waals surface area contributed by atoms with Crippen molar-refractivity contribution in [3.8, 4) is 0 Å². The van der Waals surface area contributed by atoms with Gasteiger partial charge >= 0.3 is 11.9 Å². The number of ether oxygens (including phenoxy) is 2. The first-order valence-electron chi connectivity index (χ1n) is 8.30. The molecule has 6 nitrogen and oxygen atoms in total. The van der Waals surface area contributed by atoms with E-state index in [-0.39, 0.29) is 12.5 Å². The van der Waals surface area contributed by atoms with Crippen LogP contribution in [0.2, 0.25) is 0 Å². The van der Waals surface area contributed by atoms with Crippen LogP contribution in [-0.2, 0) is 19.1 Å². The molecule has 1 amide bonds. The second kappa shape index (κ2) is 9.01. The molecule has 25 heavy (non-hydrogen) atoms. The van der Waals surface area contributed by atoms with Crippen LogP contribution in [0.15, 0.2) is 30.3 Å². The fourth-order valence-electron chi connectivity index (χ4n) is 2.70. The second-order valence-electron chi connectivity index (χ2n) is 6.14. The average molecular weight is 345 g/mol. The Kier molecular flexibility index (Phi) is 6.74. The standard InChI is InChI=1S/C19H23NO5/c1-14-4-3-11-20(12-14)17(21)13-25-18(22)10-7-15-5-8-16(9-6-15)19(23)24-2/h5-10,14H,3-4,11-13H2,1-2H3/b10-7+/t14-/m1/s1. The zero-order chi connectivity index (χ0) is 18.2. The molecule has 1 aromatic carbocycles. The molecule has 0 bridgehead atoms. The normalized spacial score (nSPS) is 17.4. The highest BCUT2D eigenvalue weighted by atomic mass is 16.5. The molecule has 1 aliphatic heterocycles. The smallest absolute Gasteiger partial charge is 0.337 e. The molecule has 2 rings (SSSR count). The van der Waals surface area contributed by atoms with Crippen LogP contribution in [-0.4, -0.2) is 49.6 Å². The lowest BCUT2D eigenvalue weighted by molar-refractivity contribution is -0.149. The third-order valence-corrected chi connectivity index (χ3v) is 4.09. The number of nitrogens with zero attached hydrogens (tertiary/aromatic N) is 1. The van der Waals surface area contributed by atoms with Crippen LogP contribution in [0.1, 0.15) is 35.7 Å². The molecule has 1 aromatic rings. The summed E-state index contributed by atoms with van der Waals surface area (Å²) in [6.07, 6.45) is 4.94. The summed E-state index contributed by atoms with van der Waals surface area (Å²) in [5.41, 5.74) is 1.17. The molecule has 134 valence electrons. The highest BCUT2D eigenvalue weighted by Crippen LogP contribution is 2.15. The van der Waals surface area contributed by atoms with Gasteiger partial charge in [-0.1, -0.05) is 19.1 Å². The van der Waals surface area contributed by atoms with Crippen molar-refractivity contribution < 1.29 is 23.9 Å². The van der Waals surface area contributed by atoms with E-state index in [9.17, 15) is 14.4 Å². The Balaban J connectivity index is 1.80. The Hall–Kier alpha value is -2.63. The topological polar surface area (TPSA) is 72.9 Å². The molecule has 1 heterocycles. The van der Waals surface area contributed by atoms with Gasteiger partial charge in [-0.2, -0.15) is 0 Å². The number of rotatable bonds is 5. The summed E-state index contributed by atoms with van der Waals surface area (Å²) in [5.74, 6) is -0.659. The van der Waals surface area contributed by atoms with Gasteiger partial charge in [0.2, 0.25) is 0 Å². The molecule has 0 unspecified atom stereocenters. The number of piperidine rings is 1. The van der Waals surface area contributed by atoms with E-state index < -0.39 is 11.9 Å². The number of hydrogen-bond donors (Lipinski definition) is 0. The summed E-state index contributed by atoms with van der Waals surface area (Å²) in [5, 5.41) is 0. The van der Waals surface area contributed by atoms with Crippen molar-refractivity contribution >= 4 is 23.9 Å². The SMILES string of the molecule is COC(=O)c1ccc(/C=C/C(=O)OCC(=O)N2CCC[C@@H](C)C2)cc1. The largest absolute Gasteiger partial charge is 0.465 e. The number of esters is 2. The number of benzene rings is 1. The van der Waals surface area contributed by atoms with Gasteiger partial charge in [-0.05, 0) is 42.5 Å². The van der Waals surface area contributed by atoms with Crippen LogP contribution in [0.3, 0.4) is 0 Å². The number of hydrogen-bond acceptors (Lipinski definition) is 5. The Bertz CT molecular complexity index is 650. The first-order chi connectivity index (χ1) is 12.0. The molecule has 0 aromatic heterocycles. The van der Waals surface area contributed by atoms with Crippen LogP contribution in [0.5, 0.6) is 0 Å². The predicted octanol–water partition coefficient (Wildman–Crippen LogP) is 2.29. The van der Waals surface area contributed by atoms with Gasteiger partial charge in [0, 0.05) is 19.2 Å². The van der Waals surface area contributed by atoms with E-state index in [1.54, 1.807) is 35.2 Å². The zero-order valence-corrected chi connectivity index (χ0v) is 14.6. The molecule has 0 aliphatic carbocycles. The van der Waals surface area contributed by atoms with Crippen LogP contribution in [0.25, 0.3) is 6.08 Å². The van der Waals surface area contributed by atoms with Crippen molar-refractivity contribution in [2.45, 2.75) is 19.8 Å². The first-order valence-corrected chi connectivity index (χ1v) is 8.30. The third-order valence-electron chi connectivity index (χ3n) is 4.09. The maximum absolute atomic E-state index is 12.0. The minimum absolute atomic E-state index is 0.157. The Morgan fingerprint density at radius 2 is 1.96 bits per heavy atom. The number of amides is 1. The predicted molar refractivity (Wildman–Crippen MR) is 92.8 cm³/mol. The van der Waals surface area contributed by atoms with Crippen molar-refractivity contribution in [3.05, 3.63) is 41.5 Å². The third kappa shape index (κ3) is 5.74. The minimum Gasteiger partial charge on any atom is -0.465 e. The van der Waals surface area contributed by atoms with E-state index in [1.165, 1.54) is 13.2 Å². The van der Waals surface area contributed by atoms with E-state index in [1.807, 2.05) is 0 Å². The van der Waals surface area contributed by atoms with E-state index in [0.717, 1.165) is 31.5 Å². The molecular weight excluding hydrogens is 322 g/mol. The van der Waals surface area contributed by atoms with Gasteiger partial charge in [-0.3, -0.25) is 4.79 Å². The number of carbonyl (C=O) groups is 3. The monoisotopic (exact) mass is 345 g/mol. The quantitative estimate of drug-likeness (QED) is 0.605. The summed E-state index contributed by atoms with van der Waals surface area (Å²) in [6, 6.07) is 6.60. The maximum atomic E-state index is 12.0. The molecule has 0 N–H and O–H groups in total. The van der Waals surface area contributed by atoms with Gasteiger partial charge < -0.3 is 14.4 Å². The molecule has 1 fully saturated rings. The van der Waals surface area contributed by atoms with Crippen molar-refractivity contribution in [2.75, 3.05) is 26.8 Å². The molecule has 0 radical (unpaired) electrons. The summed E-state index contributed by atoms with van der Waals surface area (Å²) in [7, 11) is 1.32. The van der Waals surface area contributed by atoms with Gasteiger partial charge in [0.05, 0.1) is 12.7 Å². The zero-order valence-electron chi connectivity index (χ0n) is 14.6. The lowest BCUT2D eigenvalue weighted by Gasteiger charge is -2.30. The lowest BCUT2D eigenvalue weighted by Crippen LogP contribution is -2.41. The molecule has 1 atom stereocenters. The van der Waals surface area contributed by atoms with E-state index >= 15 is 0 Å². The fraction of sp³-hybridized carbons (Fsp3) is 0.421. The lowest BCUT2D eigenvalue weighted by atomic mass is 10.0. The fourth-order valence-corrected chi connectivity index (χ4v) is 2.70. The van der Waals surface area contributed by atoms with E-state index in [4.69, 9.17) is 4.74 Å². The van der Waals surface area contributed by atoms with Crippen molar-refractivity contribution in [1.29, 1.82) is 0 Å². The van der Waals surface area contributed by atoms with Gasteiger partial charge in [0.1, 0.15) is 0 Å². The van der Waals surface area contributed by atoms with E-state index in [2.05, 4.69) is 11.7 Å². The van der Waals surface area contributed by atoms with Crippen LogP contribution >= 0.6 is 0 Å². The number of methoxy groups -OCH3 is 1. The molecule has 1 saturated heterocycles. The van der Waals surface area contributed by atoms with Crippen LogP contribution < -0.4 is 0 Å². The summed E-state index contributed by atoms with van der Waals surface area (Å²) >= 11 is 0. The molecule has 0 saturated carbocycles. The summed E-state index contributed by atoms with van der Waals surface area (Å²) in [4.78, 5) is 36.9. The highest BCUT2D eigenvalue weighted by molar-refractivity contribution is 5.91. The Labute approximate surface area is 147 Å². The van der Waals surface area contributed by atoms with Gasteiger partial charge in [0.25, 0.3) is 5.91 Å². The number of likely N-dealkylation sites (tertiary alicyclic amines) is 1. The van der Waals surface area contributed by atoms with Crippen molar-refractivity contribution in [1.82, 2.24) is 4.90 Å². The summed E-state index contributed by atoms with van der Waals surface area (Å²) in [6.45, 7) is 3.32. The first kappa shape index (κ1) is 18.7. The van der Waals surface area contributed by atoms with Gasteiger partial charge in [0.15, 0.2) is 6.61 Å². The number of carbonyl (C=O) groups excluding carboxylic acids is 3. The molecule has 1 aliphatic rings.